The van der Waals surface area contributed by atoms with Gasteiger partial charge in [0.1, 0.15) is 5.69 Å². The highest BCUT2D eigenvalue weighted by Crippen LogP contribution is 2.33. The van der Waals surface area contributed by atoms with Crippen molar-refractivity contribution in [1.82, 2.24) is 0 Å². The van der Waals surface area contributed by atoms with Crippen LogP contribution in [0.2, 0.25) is 0 Å². The first-order valence-corrected chi connectivity index (χ1v) is 5.61. The van der Waals surface area contributed by atoms with E-state index in [1.807, 2.05) is 4.90 Å². The maximum Gasteiger partial charge on any atom is 0.292 e. The Kier molecular flexibility index (Phi) is 3.24. The van der Waals surface area contributed by atoms with Crippen LogP contribution in [0.25, 0.3) is 0 Å². The van der Waals surface area contributed by atoms with Crippen LogP contribution in [0.15, 0.2) is 24.3 Å². The lowest BCUT2D eigenvalue weighted by molar-refractivity contribution is -0.384. The van der Waals surface area contributed by atoms with Gasteiger partial charge in [0, 0.05) is 18.7 Å². The zero-order valence-electron chi connectivity index (χ0n) is 9.37. The van der Waals surface area contributed by atoms with E-state index < -0.39 is 0 Å². The van der Waals surface area contributed by atoms with Crippen molar-refractivity contribution in [2.45, 2.75) is 25.3 Å². The van der Waals surface area contributed by atoms with E-state index in [9.17, 15) is 10.1 Å². The van der Waals surface area contributed by atoms with E-state index in [1.54, 1.807) is 18.2 Å². The van der Waals surface area contributed by atoms with Crippen molar-refractivity contribution in [3.05, 3.63) is 34.4 Å². The van der Waals surface area contributed by atoms with Crippen LogP contribution in [0, 0.1) is 21.4 Å². The Labute approximate surface area is 99.4 Å². The number of nitrogens with zero attached hydrogens (tertiary/aromatic N) is 3. The number of hydrogen-bond donors (Lipinski definition) is 0. The first-order chi connectivity index (χ1) is 8.24. The van der Waals surface area contributed by atoms with Crippen molar-refractivity contribution in [2.75, 3.05) is 11.4 Å². The molecule has 0 aliphatic carbocycles. The third kappa shape index (κ3) is 2.21. The lowest BCUT2D eigenvalue weighted by Gasteiger charge is -2.24. The third-order valence-electron chi connectivity index (χ3n) is 3.09. The van der Waals surface area contributed by atoms with Crippen LogP contribution in [0.1, 0.15) is 19.3 Å². The van der Waals surface area contributed by atoms with Gasteiger partial charge in [-0.1, -0.05) is 12.1 Å². The Morgan fingerprint density at radius 1 is 1.53 bits per heavy atom. The van der Waals surface area contributed by atoms with Gasteiger partial charge in [-0.05, 0) is 18.9 Å². The fraction of sp³-hybridized carbons (Fsp3) is 0.417. The van der Waals surface area contributed by atoms with E-state index in [0.717, 1.165) is 19.4 Å². The van der Waals surface area contributed by atoms with Gasteiger partial charge < -0.3 is 4.90 Å². The fourth-order valence-corrected chi connectivity index (χ4v) is 2.33. The average Bonchev–Trinajstić information content (AvgIpc) is 2.77. The molecule has 0 saturated carbocycles. The van der Waals surface area contributed by atoms with Crippen molar-refractivity contribution in [2.24, 2.45) is 0 Å². The van der Waals surface area contributed by atoms with E-state index >= 15 is 0 Å². The first kappa shape index (κ1) is 11.4. The highest BCUT2D eigenvalue weighted by molar-refractivity contribution is 5.64. The minimum atomic E-state index is -0.364. The standard InChI is InChI=1S/C12H13N3O2/c13-8-7-10-4-3-9-14(10)11-5-1-2-6-12(11)15(16)17/h1-2,5-6,10H,3-4,7,9H2/t10-/m1/s1. The molecule has 0 amide bonds. The van der Waals surface area contributed by atoms with Gasteiger partial charge in [-0.25, -0.2) is 0 Å². The zero-order chi connectivity index (χ0) is 12.3. The van der Waals surface area contributed by atoms with Crippen LogP contribution in [-0.2, 0) is 0 Å². The van der Waals surface area contributed by atoms with E-state index in [2.05, 4.69) is 6.07 Å². The summed E-state index contributed by atoms with van der Waals surface area (Å²) in [6.45, 7) is 0.789. The summed E-state index contributed by atoms with van der Waals surface area (Å²) in [5.41, 5.74) is 0.757. The molecule has 5 nitrogen and oxygen atoms in total. The van der Waals surface area contributed by atoms with Crippen molar-refractivity contribution < 1.29 is 4.92 Å². The summed E-state index contributed by atoms with van der Waals surface area (Å²) < 4.78 is 0. The summed E-state index contributed by atoms with van der Waals surface area (Å²) in [4.78, 5) is 12.6. The first-order valence-electron chi connectivity index (χ1n) is 5.61. The lowest BCUT2D eigenvalue weighted by Crippen LogP contribution is -2.29. The molecule has 0 N–H and O–H groups in total. The Balaban J connectivity index is 2.33. The molecule has 1 fully saturated rings. The number of hydrogen-bond acceptors (Lipinski definition) is 4. The molecule has 5 heteroatoms. The Morgan fingerprint density at radius 3 is 3.00 bits per heavy atom. The van der Waals surface area contributed by atoms with Gasteiger partial charge in [-0.2, -0.15) is 5.26 Å². The van der Waals surface area contributed by atoms with E-state index in [-0.39, 0.29) is 16.7 Å². The van der Waals surface area contributed by atoms with Gasteiger partial charge in [0.2, 0.25) is 0 Å². The van der Waals surface area contributed by atoms with Gasteiger partial charge in [-0.3, -0.25) is 10.1 Å². The quantitative estimate of drug-likeness (QED) is 0.591. The van der Waals surface area contributed by atoms with Gasteiger partial charge >= 0.3 is 0 Å². The summed E-state index contributed by atoms with van der Waals surface area (Å²) in [6, 6.07) is 8.99. The molecule has 1 aromatic rings. The molecule has 1 atom stereocenters. The molecule has 1 heterocycles. The van der Waals surface area contributed by atoms with Crippen molar-refractivity contribution >= 4 is 11.4 Å². The summed E-state index contributed by atoms with van der Waals surface area (Å²) in [5.74, 6) is 0. The summed E-state index contributed by atoms with van der Waals surface area (Å²) >= 11 is 0. The SMILES string of the molecule is N#CC[C@H]1CCCN1c1ccccc1[N+](=O)[O-]. The van der Waals surface area contributed by atoms with Crippen molar-refractivity contribution in [3.8, 4) is 6.07 Å². The molecule has 0 aromatic heterocycles. The maximum atomic E-state index is 11.0. The number of rotatable bonds is 3. The van der Waals surface area contributed by atoms with E-state index in [1.165, 1.54) is 6.07 Å². The summed E-state index contributed by atoms with van der Waals surface area (Å²) in [7, 11) is 0. The smallest absolute Gasteiger partial charge is 0.292 e. The predicted octanol–water partition coefficient (Wildman–Crippen LogP) is 2.48. The fourth-order valence-electron chi connectivity index (χ4n) is 2.33. The van der Waals surface area contributed by atoms with E-state index in [0.29, 0.717) is 12.1 Å². The van der Waals surface area contributed by atoms with Crippen molar-refractivity contribution in [3.63, 3.8) is 0 Å². The van der Waals surface area contributed by atoms with Crippen LogP contribution in [-0.4, -0.2) is 17.5 Å². The topological polar surface area (TPSA) is 70.2 Å². The molecule has 88 valence electrons. The molecule has 17 heavy (non-hydrogen) atoms. The van der Waals surface area contributed by atoms with Gasteiger partial charge in [-0.15, -0.1) is 0 Å². The Hall–Kier alpha value is -2.09. The number of nitro groups is 1. The highest BCUT2D eigenvalue weighted by atomic mass is 16.6. The number of benzene rings is 1. The molecule has 0 bridgehead atoms. The monoisotopic (exact) mass is 231 g/mol. The average molecular weight is 231 g/mol. The number of anilines is 1. The second-order valence-corrected chi connectivity index (χ2v) is 4.10. The van der Waals surface area contributed by atoms with Crippen LogP contribution in [0.3, 0.4) is 0 Å². The lowest BCUT2D eigenvalue weighted by atomic mass is 10.1. The van der Waals surface area contributed by atoms with Crippen LogP contribution in [0.5, 0.6) is 0 Å². The minimum absolute atomic E-state index is 0.112. The Bertz CT molecular complexity index is 467. The minimum Gasteiger partial charge on any atom is -0.362 e. The molecule has 0 radical (unpaired) electrons. The summed E-state index contributed by atoms with van der Waals surface area (Å²) in [6.07, 6.45) is 2.34. The van der Waals surface area contributed by atoms with Gasteiger partial charge in [0.15, 0.2) is 0 Å². The molecule has 1 saturated heterocycles. The number of nitro benzene ring substituents is 1. The van der Waals surface area contributed by atoms with Crippen LogP contribution >= 0.6 is 0 Å². The molecular formula is C12H13N3O2. The third-order valence-corrected chi connectivity index (χ3v) is 3.09. The zero-order valence-corrected chi connectivity index (χ0v) is 9.37. The molecule has 1 aromatic carbocycles. The molecule has 0 unspecified atom stereocenters. The number of para-hydroxylation sites is 2. The molecular weight excluding hydrogens is 218 g/mol. The van der Waals surface area contributed by atoms with Gasteiger partial charge in [0.25, 0.3) is 5.69 Å². The van der Waals surface area contributed by atoms with Crippen LogP contribution < -0.4 is 4.90 Å². The van der Waals surface area contributed by atoms with E-state index in [4.69, 9.17) is 5.26 Å². The predicted molar refractivity (Wildman–Crippen MR) is 63.7 cm³/mol. The molecule has 2 rings (SSSR count). The van der Waals surface area contributed by atoms with Crippen LogP contribution in [0.4, 0.5) is 11.4 Å². The molecule has 1 aliphatic heterocycles. The normalized spacial score (nSPS) is 19.0. The van der Waals surface area contributed by atoms with Crippen molar-refractivity contribution in [1.29, 1.82) is 5.26 Å². The number of nitriles is 1. The molecule has 1 aliphatic rings. The largest absolute Gasteiger partial charge is 0.362 e. The molecule has 0 spiro atoms. The second-order valence-electron chi connectivity index (χ2n) is 4.10. The Morgan fingerprint density at radius 2 is 2.29 bits per heavy atom. The summed E-state index contributed by atoms with van der Waals surface area (Å²) in [5, 5.41) is 19.7. The maximum absolute atomic E-state index is 11.0. The van der Waals surface area contributed by atoms with Gasteiger partial charge in [0.05, 0.1) is 17.4 Å². The second kappa shape index (κ2) is 4.83. The highest BCUT2D eigenvalue weighted by Gasteiger charge is 2.28.